The summed E-state index contributed by atoms with van der Waals surface area (Å²) in [6.07, 6.45) is 2.51. The first-order valence-corrected chi connectivity index (χ1v) is 7.10. The molecule has 0 aliphatic carbocycles. The molecule has 1 N–H and O–H groups in total. The Bertz CT molecular complexity index is 308. The molecule has 2 heteroatoms. The standard InChI is InChI=1S/C16H28N2/c1-14(2)18(4)13-9-8-12-17-15(3)16-10-6-5-7-11-16/h5-7,10-11,14-15,17H,8-9,12-13H2,1-4H3. The van der Waals surface area contributed by atoms with E-state index in [9.17, 15) is 0 Å². The summed E-state index contributed by atoms with van der Waals surface area (Å²) in [5.41, 5.74) is 1.37. The molecule has 0 aliphatic rings. The monoisotopic (exact) mass is 248 g/mol. The minimum atomic E-state index is 0.453. The van der Waals surface area contributed by atoms with Crippen molar-refractivity contribution in [3.8, 4) is 0 Å². The topological polar surface area (TPSA) is 15.3 Å². The highest BCUT2D eigenvalue weighted by atomic mass is 15.1. The highest BCUT2D eigenvalue weighted by Crippen LogP contribution is 2.10. The lowest BCUT2D eigenvalue weighted by atomic mass is 10.1. The van der Waals surface area contributed by atoms with E-state index in [-0.39, 0.29) is 0 Å². The van der Waals surface area contributed by atoms with Crippen LogP contribution in [0, 0.1) is 0 Å². The zero-order chi connectivity index (χ0) is 13.4. The number of benzene rings is 1. The maximum atomic E-state index is 3.58. The molecule has 18 heavy (non-hydrogen) atoms. The molecule has 2 nitrogen and oxygen atoms in total. The largest absolute Gasteiger partial charge is 0.310 e. The fourth-order valence-electron chi connectivity index (χ4n) is 1.92. The molecule has 0 fully saturated rings. The molecule has 1 unspecified atom stereocenters. The molecule has 1 aromatic carbocycles. The van der Waals surface area contributed by atoms with Gasteiger partial charge in [-0.15, -0.1) is 0 Å². The minimum Gasteiger partial charge on any atom is -0.310 e. The van der Waals surface area contributed by atoms with E-state index < -0.39 is 0 Å². The molecule has 0 amide bonds. The molecule has 0 saturated heterocycles. The predicted octanol–water partition coefficient (Wildman–Crippen LogP) is 3.46. The second-order valence-corrected chi connectivity index (χ2v) is 5.37. The first-order valence-electron chi connectivity index (χ1n) is 7.10. The van der Waals surface area contributed by atoms with Gasteiger partial charge in [0.15, 0.2) is 0 Å². The summed E-state index contributed by atoms with van der Waals surface area (Å²) in [6.45, 7) is 9.02. The van der Waals surface area contributed by atoms with Crippen molar-refractivity contribution in [2.45, 2.75) is 45.7 Å². The number of nitrogens with zero attached hydrogens (tertiary/aromatic N) is 1. The summed E-state index contributed by atoms with van der Waals surface area (Å²) < 4.78 is 0. The SMILES string of the molecule is CC(NCCCCN(C)C(C)C)c1ccccc1. The van der Waals surface area contributed by atoms with Crippen LogP contribution >= 0.6 is 0 Å². The first kappa shape index (κ1) is 15.2. The van der Waals surface area contributed by atoms with Gasteiger partial charge in [-0.3, -0.25) is 0 Å². The molecule has 0 aliphatic heterocycles. The Balaban J connectivity index is 2.11. The van der Waals surface area contributed by atoms with Crippen molar-refractivity contribution < 1.29 is 0 Å². The van der Waals surface area contributed by atoms with E-state index in [1.165, 1.54) is 24.9 Å². The molecule has 1 rings (SSSR count). The molecule has 0 heterocycles. The Morgan fingerprint density at radius 1 is 1.06 bits per heavy atom. The van der Waals surface area contributed by atoms with Crippen LogP contribution in [-0.4, -0.2) is 31.1 Å². The molecule has 1 atom stereocenters. The molecule has 0 saturated carbocycles. The number of hydrogen-bond acceptors (Lipinski definition) is 2. The van der Waals surface area contributed by atoms with Crippen molar-refractivity contribution in [2.24, 2.45) is 0 Å². The average Bonchev–Trinajstić information content (AvgIpc) is 2.38. The zero-order valence-electron chi connectivity index (χ0n) is 12.3. The quantitative estimate of drug-likeness (QED) is 0.709. The van der Waals surface area contributed by atoms with Gasteiger partial charge in [0.2, 0.25) is 0 Å². The molecule has 0 spiro atoms. The van der Waals surface area contributed by atoms with Gasteiger partial charge >= 0.3 is 0 Å². The number of unbranched alkanes of at least 4 members (excludes halogenated alkanes) is 1. The Kier molecular flexibility index (Phi) is 6.99. The van der Waals surface area contributed by atoms with Gasteiger partial charge in [0.05, 0.1) is 0 Å². The van der Waals surface area contributed by atoms with Gasteiger partial charge in [-0.1, -0.05) is 30.3 Å². The molecular weight excluding hydrogens is 220 g/mol. The third-order valence-electron chi connectivity index (χ3n) is 3.57. The van der Waals surface area contributed by atoms with Crippen LogP contribution in [0.2, 0.25) is 0 Å². The molecule has 0 radical (unpaired) electrons. The summed E-state index contributed by atoms with van der Waals surface area (Å²) in [7, 11) is 2.20. The van der Waals surface area contributed by atoms with Crippen molar-refractivity contribution in [3.05, 3.63) is 35.9 Å². The third-order valence-corrected chi connectivity index (χ3v) is 3.57. The van der Waals surface area contributed by atoms with E-state index in [0.717, 1.165) is 6.54 Å². The van der Waals surface area contributed by atoms with E-state index in [2.05, 4.69) is 68.4 Å². The summed E-state index contributed by atoms with van der Waals surface area (Å²) in [5, 5.41) is 3.58. The van der Waals surface area contributed by atoms with Crippen LogP contribution < -0.4 is 5.32 Å². The Morgan fingerprint density at radius 2 is 1.72 bits per heavy atom. The highest BCUT2D eigenvalue weighted by molar-refractivity contribution is 5.17. The summed E-state index contributed by atoms with van der Waals surface area (Å²) in [4.78, 5) is 2.40. The van der Waals surface area contributed by atoms with E-state index in [1.54, 1.807) is 0 Å². The van der Waals surface area contributed by atoms with Gasteiger partial charge in [-0.05, 0) is 59.3 Å². The number of rotatable bonds is 8. The Labute approximate surface area is 112 Å². The highest BCUT2D eigenvalue weighted by Gasteiger charge is 2.04. The second-order valence-electron chi connectivity index (χ2n) is 5.37. The fourth-order valence-corrected chi connectivity index (χ4v) is 1.92. The maximum absolute atomic E-state index is 3.58. The van der Waals surface area contributed by atoms with Crippen LogP contribution in [0.5, 0.6) is 0 Å². The lowest BCUT2D eigenvalue weighted by Crippen LogP contribution is -2.28. The van der Waals surface area contributed by atoms with E-state index >= 15 is 0 Å². The predicted molar refractivity (Wildman–Crippen MR) is 79.9 cm³/mol. The molecule has 1 aromatic rings. The Morgan fingerprint density at radius 3 is 2.33 bits per heavy atom. The number of hydrogen-bond donors (Lipinski definition) is 1. The number of nitrogens with one attached hydrogen (secondary N) is 1. The normalized spacial score (nSPS) is 13.2. The van der Waals surface area contributed by atoms with Crippen molar-refractivity contribution in [3.63, 3.8) is 0 Å². The average molecular weight is 248 g/mol. The van der Waals surface area contributed by atoms with Gasteiger partial charge in [0.1, 0.15) is 0 Å². The van der Waals surface area contributed by atoms with Crippen LogP contribution in [0.15, 0.2) is 30.3 Å². The van der Waals surface area contributed by atoms with Crippen molar-refractivity contribution in [1.82, 2.24) is 10.2 Å². The van der Waals surface area contributed by atoms with E-state index in [0.29, 0.717) is 12.1 Å². The maximum Gasteiger partial charge on any atom is 0.0291 e. The van der Waals surface area contributed by atoms with Gasteiger partial charge in [-0.2, -0.15) is 0 Å². The van der Waals surface area contributed by atoms with E-state index in [1.807, 2.05) is 0 Å². The van der Waals surface area contributed by atoms with Crippen LogP contribution in [0.25, 0.3) is 0 Å². The zero-order valence-corrected chi connectivity index (χ0v) is 12.3. The van der Waals surface area contributed by atoms with Crippen molar-refractivity contribution in [1.29, 1.82) is 0 Å². The van der Waals surface area contributed by atoms with Gasteiger partial charge < -0.3 is 10.2 Å². The fraction of sp³-hybridized carbons (Fsp3) is 0.625. The Hall–Kier alpha value is -0.860. The van der Waals surface area contributed by atoms with Crippen molar-refractivity contribution >= 4 is 0 Å². The van der Waals surface area contributed by atoms with Crippen LogP contribution in [0.1, 0.15) is 45.2 Å². The summed E-state index contributed by atoms with van der Waals surface area (Å²) >= 11 is 0. The van der Waals surface area contributed by atoms with Gasteiger partial charge in [0.25, 0.3) is 0 Å². The van der Waals surface area contributed by atoms with Crippen LogP contribution in [0.3, 0.4) is 0 Å². The van der Waals surface area contributed by atoms with Crippen LogP contribution in [0.4, 0.5) is 0 Å². The van der Waals surface area contributed by atoms with Crippen molar-refractivity contribution in [2.75, 3.05) is 20.1 Å². The van der Waals surface area contributed by atoms with Gasteiger partial charge in [0, 0.05) is 12.1 Å². The summed E-state index contributed by atoms with van der Waals surface area (Å²) in [5.74, 6) is 0. The van der Waals surface area contributed by atoms with Crippen LogP contribution in [-0.2, 0) is 0 Å². The molecule has 102 valence electrons. The summed E-state index contributed by atoms with van der Waals surface area (Å²) in [6, 6.07) is 11.7. The van der Waals surface area contributed by atoms with E-state index in [4.69, 9.17) is 0 Å². The molecule has 0 aromatic heterocycles. The lowest BCUT2D eigenvalue weighted by Gasteiger charge is -2.21. The lowest BCUT2D eigenvalue weighted by molar-refractivity contribution is 0.267. The third kappa shape index (κ3) is 5.65. The smallest absolute Gasteiger partial charge is 0.0291 e. The molecule has 0 bridgehead atoms. The second kappa shape index (κ2) is 8.28. The van der Waals surface area contributed by atoms with Gasteiger partial charge in [-0.25, -0.2) is 0 Å². The first-order chi connectivity index (χ1) is 8.61. The minimum absolute atomic E-state index is 0.453. The molecular formula is C16H28N2.